The average Bonchev–Trinajstić information content (AvgIpc) is 2.87. The molecule has 0 saturated heterocycles. The van der Waals surface area contributed by atoms with Gasteiger partial charge < -0.3 is 14.8 Å². The lowest BCUT2D eigenvalue weighted by Crippen LogP contribution is -2.33. The third-order valence-corrected chi connectivity index (χ3v) is 3.64. The molecule has 0 fully saturated rings. The van der Waals surface area contributed by atoms with Gasteiger partial charge in [0, 0.05) is 6.54 Å². The van der Waals surface area contributed by atoms with E-state index < -0.39 is 11.7 Å². The highest BCUT2D eigenvalue weighted by molar-refractivity contribution is 7.19. The fraction of sp³-hybridized carbons (Fsp3) is 0.438. The number of nitriles is 1. The van der Waals surface area contributed by atoms with Crippen LogP contribution in [-0.2, 0) is 4.74 Å². The summed E-state index contributed by atoms with van der Waals surface area (Å²) in [5.74, 6) is 0.725. The van der Waals surface area contributed by atoms with Crippen LogP contribution in [0, 0.1) is 11.3 Å². The Hall–Kier alpha value is -2.33. The molecule has 1 amide bonds. The largest absolute Gasteiger partial charge is 0.493 e. The molecule has 0 aliphatic rings. The van der Waals surface area contributed by atoms with Crippen molar-refractivity contribution in [1.29, 1.82) is 5.26 Å². The van der Waals surface area contributed by atoms with Crippen molar-refractivity contribution in [3.05, 3.63) is 23.2 Å². The van der Waals surface area contributed by atoms with E-state index in [1.165, 1.54) is 11.3 Å². The fourth-order valence-electron chi connectivity index (χ4n) is 1.81. The molecule has 0 saturated carbocycles. The second-order valence-corrected chi connectivity index (χ2v) is 6.92. The van der Waals surface area contributed by atoms with Crippen molar-refractivity contribution in [1.82, 2.24) is 10.3 Å². The summed E-state index contributed by atoms with van der Waals surface area (Å²) in [7, 11) is 0. The molecule has 1 aromatic heterocycles. The minimum absolute atomic E-state index is 0.424. The number of benzene rings is 1. The van der Waals surface area contributed by atoms with E-state index in [-0.39, 0.29) is 0 Å². The van der Waals surface area contributed by atoms with E-state index in [2.05, 4.69) is 10.3 Å². The van der Waals surface area contributed by atoms with Crippen LogP contribution < -0.4 is 10.1 Å². The van der Waals surface area contributed by atoms with Crippen LogP contribution in [0.5, 0.6) is 5.75 Å². The van der Waals surface area contributed by atoms with Crippen molar-refractivity contribution in [3.63, 3.8) is 0 Å². The first-order chi connectivity index (χ1) is 10.9. The third kappa shape index (κ3) is 5.42. The maximum absolute atomic E-state index is 11.5. The number of aromatic nitrogens is 1. The zero-order valence-corrected chi connectivity index (χ0v) is 14.2. The molecule has 122 valence electrons. The smallest absolute Gasteiger partial charge is 0.407 e. The Morgan fingerprint density at radius 1 is 1.43 bits per heavy atom. The lowest BCUT2D eigenvalue weighted by molar-refractivity contribution is 0.0525. The zero-order valence-electron chi connectivity index (χ0n) is 13.4. The van der Waals surface area contributed by atoms with Crippen LogP contribution in [0.25, 0.3) is 10.2 Å². The van der Waals surface area contributed by atoms with Gasteiger partial charge in [-0.05, 0) is 45.4 Å². The lowest BCUT2D eigenvalue weighted by atomic mass is 10.2. The van der Waals surface area contributed by atoms with Crippen molar-refractivity contribution in [2.24, 2.45) is 0 Å². The Kier molecular flexibility index (Phi) is 5.40. The van der Waals surface area contributed by atoms with Gasteiger partial charge in [-0.1, -0.05) is 0 Å². The molecule has 7 heteroatoms. The van der Waals surface area contributed by atoms with E-state index in [0.29, 0.717) is 24.6 Å². The third-order valence-electron chi connectivity index (χ3n) is 2.71. The first-order valence-electron chi connectivity index (χ1n) is 7.28. The van der Waals surface area contributed by atoms with E-state index in [9.17, 15) is 4.79 Å². The highest BCUT2D eigenvalue weighted by atomic mass is 32.1. The predicted octanol–water partition coefficient (Wildman–Crippen LogP) is 3.46. The Morgan fingerprint density at radius 2 is 2.22 bits per heavy atom. The lowest BCUT2D eigenvalue weighted by Gasteiger charge is -2.19. The molecule has 0 spiro atoms. The number of hydrogen-bond acceptors (Lipinski definition) is 6. The Balaban J connectivity index is 1.74. The molecule has 2 aromatic rings. The summed E-state index contributed by atoms with van der Waals surface area (Å²) in [6.45, 7) is 6.43. The van der Waals surface area contributed by atoms with Crippen molar-refractivity contribution in [3.8, 4) is 11.8 Å². The quantitative estimate of drug-likeness (QED) is 0.847. The SMILES string of the molecule is CC(C)(C)OC(=O)NCCCOc1ccc2nc(C#N)sc2c1. The van der Waals surface area contributed by atoms with E-state index in [1.807, 2.05) is 45.0 Å². The van der Waals surface area contributed by atoms with Gasteiger partial charge in [-0.15, -0.1) is 11.3 Å². The number of ether oxygens (including phenoxy) is 2. The molecule has 1 heterocycles. The summed E-state index contributed by atoms with van der Waals surface area (Å²) >= 11 is 1.34. The maximum Gasteiger partial charge on any atom is 0.407 e. The highest BCUT2D eigenvalue weighted by Gasteiger charge is 2.15. The fourth-order valence-corrected chi connectivity index (χ4v) is 2.60. The number of nitrogens with one attached hydrogen (secondary N) is 1. The van der Waals surface area contributed by atoms with Gasteiger partial charge in [0.25, 0.3) is 0 Å². The van der Waals surface area contributed by atoms with Crippen molar-refractivity contribution in [2.75, 3.05) is 13.2 Å². The molecule has 23 heavy (non-hydrogen) atoms. The highest BCUT2D eigenvalue weighted by Crippen LogP contribution is 2.26. The van der Waals surface area contributed by atoms with E-state index in [4.69, 9.17) is 14.7 Å². The molecule has 0 radical (unpaired) electrons. The van der Waals surface area contributed by atoms with Crippen LogP contribution in [0.3, 0.4) is 0 Å². The summed E-state index contributed by atoms with van der Waals surface area (Å²) < 4.78 is 11.7. The van der Waals surface area contributed by atoms with Crippen LogP contribution in [0.1, 0.15) is 32.2 Å². The van der Waals surface area contributed by atoms with Gasteiger partial charge in [0.15, 0.2) is 5.01 Å². The topological polar surface area (TPSA) is 84.2 Å². The summed E-state index contributed by atoms with van der Waals surface area (Å²) in [6, 6.07) is 7.57. The van der Waals surface area contributed by atoms with Crippen molar-refractivity contribution >= 4 is 27.6 Å². The molecular weight excluding hydrogens is 314 g/mol. The predicted molar refractivity (Wildman–Crippen MR) is 88.7 cm³/mol. The Bertz CT molecular complexity index is 728. The molecule has 2 rings (SSSR count). The second kappa shape index (κ2) is 7.29. The van der Waals surface area contributed by atoms with Gasteiger partial charge in [-0.2, -0.15) is 5.26 Å². The molecule has 0 bridgehead atoms. The Labute approximate surface area is 139 Å². The number of nitrogens with zero attached hydrogens (tertiary/aromatic N) is 2. The number of fused-ring (bicyclic) bond motifs is 1. The molecule has 0 atom stereocenters. The van der Waals surface area contributed by atoms with Crippen LogP contribution in [0.2, 0.25) is 0 Å². The van der Waals surface area contributed by atoms with Crippen LogP contribution in [0.15, 0.2) is 18.2 Å². The number of carbonyl (C=O) groups excluding carboxylic acids is 1. The zero-order chi connectivity index (χ0) is 16.9. The minimum Gasteiger partial charge on any atom is -0.493 e. The number of thiazole rings is 1. The monoisotopic (exact) mass is 333 g/mol. The second-order valence-electron chi connectivity index (χ2n) is 5.89. The average molecular weight is 333 g/mol. The van der Waals surface area contributed by atoms with Crippen molar-refractivity contribution < 1.29 is 14.3 Å². The minimum atomic E-state index is -0.493. The summed E-state index contributed by atoms with van der Waals surface area (Å²) in [4.78, 5) is 15.6. The molecule has 6 nitrogen and oxygen atoms in total. The number of hydrogen-bond donors (Lipinski definition) is 1. The summed E-state index contributed by atoms with van der Waals surface area (Å²) in [5.41, 5.74) is 0.304. The number of rotatable bonds is 5. The molecule has 0 aliphatic heterocycles. The summed E-state index contributed by atoms with van der Waals surface area (Å²) in [5, 5.41) is 12.0. The van der Waals surface area contributed by atoms with Gasteiger partial charge in [-0.25, -0.2) is 9.78 Å². The number of amides is 1. The molecule has 0 unspecified atom stereocenters. The van der Waals surface area contributed by atoms with Gasteiger partial charge in [-0.3, -0.25) is 0 Å². The normalized spacial score (nSPS) is 11.0. The van der Waals surface area contributed by atoms with Gasteiger partial charge in [0.05, 0.1) is 16.8 Å². The maximum atomic E-state index is 11.5. The number of carbonyl (C=O) groups is 1. The molecule has 0 aliphatic carbocycles. The Morgan fingerprint density at radius 3 is 2.91 bits per heavy atom. The first-order valence-corrected chi connectivity index (χ1v) is 8.09. The van der Waals surface area contributed by atoms with Crippen LogP contribution in [-0.4, -0.2) is 29.8 Å². The van der Waals surface area contributed by atoms with Gasteiger partial charge >= 0.3 is 6.09 Å². The first kappa shape index (κ1) is 17.0. The van der Waals surface area contributed by atoms with Gasteiger partial charge in [0.2, 0.25) is 0 Å². The van der Waals surface area contributed by atoms with Crippen molar-refractivity contribution in [2.45, 2.75) is 32.8 Å². The van der Waals surface area contributed by atoms with Gasteiger partial charge in [0.1, 0.15) is 17.4 Å². The molecule has 1 N–H and O–H groups in total. The van der Waals surface area contributed by atoms with Crippen LogP contribution in [0.4, 0.5) is 4.79 Å². The molecule has 1 aromatic carbocycles. The summed E-state index contributed by atoms with van der Waals surface area (Å²) in [6.07, 6.45) is 0.247. The van der Waals surface area contributed by atoms with E-state index in [0.717, 1.165) is 16.0 Å². The number of alkyl carbamates (subject to hydrolysis) is 1. The standard InChI is InChI=1S/C16H19N3O3S/c1-16(2,3)22-15(20)18-7-4-8-21-11-5-6-12-13(9-11)23-14(10-17)19-12/h5-6,9H,4,7-8H2,1-3H3,(H,18,20). The van der Waals surface area contributed by atoms with Crippen LogP contribution >= 0.6 is 11.3 Å². The van der Waals surface area contributed by atoms with E-state index in [1.54, 1.807) is 0 Å². The molecular formula is C16H19N3O3S. The van der Waals surface area contributed by atoms with E-state index >= 15 is 0 Å².